The molecule has 3 aliphatic rings. The standard InChI is InChI=1S/C48H52N4O7Si/c1-30-45(60(4,5)40-21-18-38(57-2)19-22-40)43(26-44(54)51-28-34-9-7-6-8-33(34)24-37(51)29-53)59-48(30)41-25-39(58-3)20-23-42(41)52(47(48)56)27-31-10-16-36(17-11-31)50-46(55)32-12-14-35(49)15-13-32/h6-23,25,30,37,43,45,53H,24,26-29,49H2,1-5H3,(H,50,55)/t30-,37-,43+,45-,48+/m0/s1. The minimum atomic E-state index is -2.56. The third-order valence-electron chi connectivity index (χ3n) is 13.0. The van der Waals surface area contributed by atoms with Crippen LogP contribution >= 0.6 is 0 Å². The fraction of sp³-hybridized carbons (Fsp3) is 0.312. The van der Waals surface area contributed by atoms with Crippen molar-refractivity contribution >= 4 is 48.0 Å². The van der Waals surface area contributed by atoms with Crippen LogP contribution in [0.4, 0.5) is 17.1 Å². The van der Waals surface area contributed by atoms with Gasteiger partial charge in [-0.3, -0.25) is 14.4 Å². The van der Waals surface area contributed by atoms with Gasteiger partial charge in [0.15, 0.2) is 5.60 Å². The molecule has 8 rings (SSSR count). The molecule has 4 N–H and O–H groups in total. The van der Waals surface area contributed by atoms with Crippen molar-refractivity contribution in [2.24, 2.45) is 5.92 Å². The Hall–Kier alpha value is -5.95. The molecule has 60 heavy (non-hydrogen) atoms. The molecule has 1 saturated heterocycles. The van der Waals surface area contributed by atoms with E-state index in [0.29, 0.717) is 41.2 Å². The Labute approximate surface area is 352 Å². The highest BCUT2D eigenvalue weighted by atomic mass is 28.3. The van der Waals surface area contributed by atoms with Gasteiger partial charge >= 0.3 is 0 Å². The molecule has 0 saturated carbocycles. The number of aliphatic hydroxyl groups is 1. The van der Waals surface area contributed by atoms with Gasteiger partial charge in [0, 0.05) is 35.0 Å². The topological polar surface area (TPSA) is 144 Å². The monoisotopic (exact) mass is 824 g/mol. The minimum Gasteiger partial charge on any atom is -0.497 e. The highest BCUT2D eigenvalue weighted by molar-refractivity contribution is 6.91. The Morgan fingerprint density at radius 2 is 1.57 bits per heavy atom. The Morgan fingerprint density at radius 1 is 0.900 bits per heavy atom. The summed E-state index contributed by atoms with van der Waals surface area (Å²) in [6.45, 7) is 7.18. The summed E-state index contributed by atoms with van der Waals surface area (Å²) in [5.41, 5.74) is 10.4. The van der Waals surface area contributed by atoms with Gasteiger partial charge in [0.25, 0.3) is 11.8 Å². The summed E-state index contributed by atoms with van der Waals surface area (Å²) in [5, 5.41) is 14.6. The van der Waals surface area contributed by atoms with Crippen LogP contribution in [0.1, 0.15) is 46.0 Å². The van der Waals surface area contributed by atoms with Crippen molar-refractivity contribution < 1.29 is 33.7 Å². The number of nitrogens with zero attached hydrogens (tertiary/aromatic N) is 2. The first kappa shape index (κ1) is 40.8. The molecule has 0 bridgehead atoms. The van der Waals surface area contributed by atoms with E-state index >= 15 is 4.79 Å². The number of amides is 3. The average Bonchev–Trinajstić information content (AvgIpc) is 3.69. The molecule has 12 heteroatoms. The predicted molar refractivity (Wildman–Crippen MR) is 235 cm³/mol. The van der Waals surface area contributed by atoms with E-state index in [-0.39, 0.29) is 54.8 Å². The third-order valence-corrected chi connectivity index (χ3v) is 17.4. The van der Waals surface area contributed by atoms with E-state index < -0.39 is 19.8 Å². The van der Waals surface area contributed by atoms with Gasteiger partial charge in [0.05, 0.1) is 59.7 Å². The number of anilines is 3. The van der Waals surface area contributed by atoms with E-state index in [1.165, 1.54) is 0 Å². The minimum absolute atomic E-state index is 0.0537. The molecule has 11 nitrogen and oxygen atoms in total. The zero-order chi connectivity index (χ0) is 42.3. The second kappa shape index (κ2) is 16.2. The van der Waals surface area contributed by atoms with E-state index in [1.807, 2.05) is 72.8 Å². The van der Waals surface area contributed by atoms with E-state index in [9.17, 15) is 14.7 Å². The number of nitrogens with one attached hydrogen (secondary N) is 1. The first-order valence-corrected chi connectivity index (χ1v) is 23.5. The summed E-state index contributed by atoms with van der Waals surface area (Å²) in [5.74, 6) is 0.445. The largest absolute Gasteiger partial charge is 0.497 e. The summed E-state index contributed by atoms with van der Waals surface area (Å²) in [6, 6.07) is 35.7. The van der Waals surface area contributed by atoms with E-state index in [2.05, 4.69) is 43.5 Å². The highest BCUT2D eigenvalue weighted by Gasteiger charge is 2.66. The summed E-state index contributed by atoms with van der Waals surface area (Å²) in [7, 11) is 0.690. The molecule has 0 unspecified atom stereocenters. The number of carbonyl (C=O) groups excluding carboxylic acids is 3. The van der Waals surface area contributed by atoms with E-state index in [0.717, 1.165) is 33.3 Å². The van der Waals surface area contributed by atoms with Crippen molar-refractivity contribution in [1.82, 2.24) is 4.90 Å². The van der Waals surface area contributed by atoms with Crippen LogP contribution in [0, 0.1) is 5.92 Å². The predicted octanol–water partition coefficient (Wildman–Crippen LogP) is 6.64. The number of carbonyl (C=O) groups is 3. The van der Waals surface area contributed by atoms with Gasteiger partial charge in [-0.2, -0.15) is 0 Å². The van der Waals surface area contributed by atoms with Crippen LogP contribution < -0.4 is 30.6 Å². The lowest BCUT2D eigenvalue weighted by Crippen LogP contribution is -2.52. The Balaban J connectivity index is 1.14. The normalized spacial score (nSPS) is 22.1. The lowest BCUT2D eigenvalue weighted by atomic mass is 9.82. The van der Waals surface area contributed by atoms with Gasteiger partial charge in [0.2, 0.25) is 5.91 Å². The van der Waals surface area contributed by atoms with E-state index in [1.54, 1.807) is 48.3 Å². The number of aliphatic hydroxyl groups excluding tert-OH is 1. The average molecular weight is 825 g/mol. The molecule has 1 fully saturated rings. The summed E-state index contributed by atoms with van der Waals surface area (Å²) >= 11 is 0. The van der Waals surface area contributed by atoms with Crippen LogP contribution in [0.2, 0.25) is 18.6 Å². The van der Waals surface area contributed by atoms with E-state index in [4.69, 9.17) is 19.9 Å². The molecule has 5 aromatic rings. The van der Waals surface area contributed by atoms with Crippen LogP contribution in [0.15, 0.2) is 115 Å². The van der Waals surface area contributed by atoms with Gasteiger partial charge < -0.3 is 40.2 Å². The molecule has 5 atom stereocenters. The number of rotatable bonds is 11. The second-order valence-corrected chi connectivity index (χ2v) is 21.4. The molecule has 5 aromatic carbocycles. The van der Waals surface area contributed by atoms with Crippen LogP contribution in [-0.4, -0.2) is 68.8 Å². The van der Waals surface area contributed by atoms with Crippen molar-refractivity contribution in [1.29, 1.82) is 0 Å². The quantitative estimate of drug-likeness (QED) is 0.0995. The number of hydrogen-bond acceptors (Lipinski definition) is 8. The second-order valence-electron chi connectivity index (χ2n) is 16.7. The summed E-state index contributed by atoms with van der Waals surface area (Å²) < 4.78 is 18.6. The molecule has 310 valence electrons. The van der Waals surface area contributed by atoms with Crippen molar-refractivity contribution in [3.05, 3.63) is 143 Å². The molecule has 0 radical (unpaired) electrons. The highest BCUT2D eigenvalue weighted by Crippen LogP contribution is 2.60. The molecule has 3 amide bonds. The SMILES string of the molecule is COc1ccc([Si](C)(C)[C@@H]2[C@@H](CC(=O)N3Cc4ccccc4C[C@H]3CO)O[C@]3(C(=O)N(Cc4ccc(NC(=O)c5ccc(N)cc5)cc4)c4ccc(OC)cc43)[C@H]2C)cc1. The smallest absolute Gasteiger partial charge is 0.264 e. The molecule has 0 aliphatic carbocycles. The fourth-order valence-electron chi connectivity index (χ4n) is 9.82. The Morgan fingerprint density at radius 3 is 2.23 bits per heavy atom. The summed E-state index contributed by atoms with van der Waals surface area (Å²) in [4.78, 5) is 46.5. The van der Waals surface area contributed by atoms with Gasteiger partial charge in [-0.25, -0.2) is 0 Å². The van der Waals surface area contributed by atoms with Gasteiger partial charge in [0.1, 0.15) is 11.5 Å². The molecular formula is C48H52N4O7Si. The zero-order valence-corrected chi connectivity index (χ0v) is 35.7. The molecular weight excluding hydrogens is 773 g/mol. The van der Waals surface area contributed by atoms with Crippen LogP contribution in [0.25, 0.3) is 0 Å². The van der Waals surface area contributed by atoms with Crippen molar-refractivity contribution in [3.63, 3.8) is 0 Å². The first-order valence-electron chi connectivity index (χ1n) is 20.4. The third kappa shape index (κ3) is 7.22. The fourth-order valence-corrected chi connectivity index (χ4v) is 13.8. The van der Waals surface area contributed by atoms with Crippen LogP contribution in [0.5, 0.6) is 11.5 Å². The lowest BCUT2D eigenvalue weighted by Gasteiger charge is -2.39. The number of fused-ring (bicyclic) bond motifs is 3. The number of nitrogens with two attached hydrogens (primary N) is 1. The number of methoxy groups -OCH3 is 2. The number of hydrogen-bond donors (Lipinski definition) is 3. The summed E-state index contributed by atoms with van der Waals surface area (Å²) in [6.07, 6.45) is 0.00812. The Bertz CT molecular complexity index is 2410. The van der Waals surface area contributed by atoms with Crippen molar-refractivity contribution in [2.75, 3.05) is 36.8 Å². The molecule has 1 spiro atoms. The van der Waals surface area contributed by atoms with Gasteiger partial charge in [-0.15, -0.1) is 0 Å². The maximum atomic E-state index is 15.4. The molecule has 3 heterocycles. The van der Waals surface area contributed by atoms with Gasteiger partial charge in [-0.1, -0.05) is 73.7 Å². The number of nitrogen functional groups attached to an aromatic ring is 1. The Kier molecular flexibility index (Phi) is 11.1. The lowest BCUT2D eigenvalue weighted by molar-refractivity contribution is -0.151. The maximum absolute atomic E-state index is 15.4. The van der Waals surface area contributed by atoms with Crippen molar-refractivity contribution in [3.8, 4) is 11.5 Å². The van der Waals surface area contributed by atoms with Gasteiger partial charge in [-0.05, 0) is 95.4 Å². The first-order chi connectivity index (χ1) is 28.9. The maximum Gasteiger partial charge on any atom is 0.264 e. The number of ether oxygens (including phenoxy) is 3. The van der Waals surface area contributed by atoms with Crippen LogP contribution in [-0.2, 0) is 39.4 Å². The zero-order valence-electron chi connectivity index (χ0n) is 34.7. The van der Waals surface area contributed by atoms with Crippen LogP contribution in [0.3, 0.4) is 0 Å². The molecule has 3 aliphatic heterocycles. The molecule has 0 aromatic heterocycles. The van der Waals surface area contributed by atoms with Crippen molar-refractivity contribution in [2.45, 2.75) is 69.2 Å². The number of benzene rings is 5.